The highest BCUT2D eigenvalue weighted by Crippen LogP contribution is 2.41. The van der Waals surface area contributed by atoms with Crippen LogP contribution in [-0.2, 0) is 10.0 Å². The number of hydrogen-bond acceptors (Lipinski definition) is 6. The van der Waals surface area contributed by atoms with Crippen LogP contribution in [0.5, 0.6) is 11.5 Å². The summed E-state index contributed by atoms with van der Waals surface area (Å²) < 4.78 is 35.3. The molecule has 0 saturated carbocycles. The number of rotatable bonds is 6. The second kappa shape index (κ2) is 9.05. The van der Waals surface area contributed by atoms with E-state index in [4.69, 9.17) is 19.6 Å². The molecule has 5 rings (SSSR count). The zero-order chi connectivity index (χ0) is 24.7. The molecule has 0 radical (unpaired) electrons. The van der Waals surface area contributed by atoms with E-state index in [0.29, 0.717) is 17.2 Å². The number of nitrogens with one attached hydrogen (secondary N) is 1. The second-order valence-electron chi connectivity index (χ2n) is 9.02. The first kappa shape index (κ1) is 23.4. The van der Waals surface area contributed by atoms with Crippen molar-refractivity contribution in [3.63, 3.8) is 0 Å². The van der Waals surface area contributed by atoms with Crippen molar-refractivity contribution in [1.29, 1.82) is 0 Å². The molecule has 184 valence electrons. The summed E-state index contributed by atoms with van der Waals surface area (Å²) in [5.41, 5.74) is 3.52. The lowest BCUT2D eigenvalue weighted by Crippen LogP contribution is -2.39. The zero-order valence-electron chi connectivity index (χ0n) is 20.1. The van der Waals surface area contributed by atoms with Gasteiger partial charge < -0.3 is 19.4 Å². The quantitative estimate of drug-likeness (QED) is 0.411. The van der Waals surface area contributed by atoms with E-state index in [9.17, 15) is 8.42 Å². The van der Waals surface area contributed by atoms with Crippen molar-refractivity contribution in [2.75, 3.05) is 32.2 Å². The van der Waals surface area contributed by atoms with Gasteiger partial charge >= 0.3 is 0 Å². The van der Waals surface area contributed by atoms with Crippen molar-refractivity contribution in [3.05, 3.63) is 54.4 Å². The molecule has 2 aromatic carbocycles. The summed E-state index contributed by atoms with van der Waals surface area (Å²) >= 11 is 0. The number of hydrogen-bond donors (Lipinski definition) is 2. The Kier molecular flexibility index (Phi) is 6.06. The normalized spacial score (nSPS) is 18.8. The highest BCUT2D eigenvalue weighted by molar-refractivity contribution is 7.89. The molecule has 0 amide bonds. The number of pyridine rings is 1. The van der Waals surface area contributed by atoms with Crippen molar-refractivity contribution in [3.8, 4) is 11.5 Å². The van der Waals surface area contributed by atoms with Crippen LogP contribution in [0.2, 0.25) is 0 Å². The first-order valence-corrected chi connectivity index (χ1v) is 13.3. The smallest absolute Gasteiger partial charge is 0.240 e. The first-order valence-electron chi connectivity index (χ1n) is 11.7. The Bertz CT molecular complexity index is 1500. The predicted octanol–water partition coefficient (Wildman–Crippen LogP) is 4.40. The molecule has 2 unspecified atom stereocenters. The molecule has 1 fully saturated rings. The Labute approximate surface area is 205 Å². The summed E-state index contributed by atoms with van der Waals surface area (Å²) in [7, 11) is -0.568. The number of fused-ring (bicyclic) bond motifs is 3. The monoisotopic (exact) mass is 494 g/mol. The average Bonchev–Trinajstić information content (AvgIpc) is 3.26. The molecule has 1 saturated heterocycles. The number of aromatic amines is 1. The van der Waals surface area contributed by atoms with Crippen molar-refractivity contribution in [2.24, 2.45) is 11.1 Å². The number of nitrogens with zero attached hydrogens (tertiary/aromatic N) is 2. The van der Waals surface area contributed by atoms with E-state index in [-0.39, 0.29) is 10.8 Å². The van der Waals surface area contributed by atoms with Crippen LogP contribution in [0.25, 0.3) is 21.8 Å². The van der Waals surface area contributed by atoms with E-state index < -0.39 is 10.0 Å². The van der Waals surface area contributed by atoms with Gasteiger partial charge in [-0.1, -0.05) is 25.5 Å². The lowest BCUT2D eigenvalue weighted by atomic mass is 9.80. The highest BCUT2D eigenvalue weighted by atomic mass is 32.2. The van der Waals surface area contributed by atoms with Crippen LogP contribution in [0.3, 0.4) is 0 Å². The van der Waals surface area contributed by atoms with Gasteiger partial charge in [0.1, 0.15) is 4.90 Å². The molecule has 2 aromatic heterocycles. The fourth-order valence-electron chi connectivity index (χ4n) is 5.42. The lowest BCUT2D eigenvalue weighted by molar-refractivity contribution is 0.341. The van der Waals surface area contributed by atoms with E-state index in [1.165, 1.54) is 6.07 Å². The maximum Gasteiger partial charge on any atom is 0.240 e. The molecule has 35 heavy (non-hydrogen) atoms. The van der Waals surface area contributed by atoms with Gasteiger partial charge in [0.25, 0.3) is 0 Å². The third-order valence-corrected chi connectivity index (χ3v) is 8.15. The summed E-state index contributed by atoms with van der Waals surface area (Å²) in [6.45, 7) is 3.97. The average molecular weight is 495 g/mol. The van der Waals surface area contributed by atoms with Gasteiger partial charge in [0.15, 0.2) is 11.5 Å². The van der Waals surface area contributed by atoms with Gasteiger partial charge in [-0.15, -0.1) is 0 Å². The molecule has 4 aromatic rings. The standard InChI is InChI=1S/C26H30N4O4S/c1-4-16-15-30(17-8-9-21(33-2)22(14-17)34-3)13-11-18(16)25-26-20(10-12-28-25)19-6-5-7-23(24(19)29-26)35(27,31)32/h5-10,12,14,16,18,29H,4,11,13,15H2,1-3H3,(H2,27,31,32). The van der Waals surface area contributed by atoms with Crippen LogP contribution in [0.15, 0.2) is 53.6 Å². The number of sulfonamides is 1. The molecule has 3 N–H and O–H groups in total. The van der Waals surface area contributed by atoms with Gasteiger partial charge in [-0.25, -0.2) is 13.6 Å². The van der Waals surface area contributed by atoms with Crippen LogP contribution < -0.4 is 19.5 Å². The van der Waals surface area contributed by atoms with E-state index in [2.05, 4.69) is 22.9 Å². The highest BCUT2D eigenvalue weighted by Gasteiger charge is 2.32. The number of primary sulfonamides is 1. The summed E-state index contributed by atoms with van der Waals surface area (Å²) in [6.07, 6.45) is 3.74. The van der Waals surface area contributed by atoms with Crippen LogP contribution in [-0.4, -0.2) is 45.7 Å². The molecule has 2 atom stereocenters. The Morgan fingerprint density at radius 1 is 1.09 bits per heavy atom. The third-order valence-electron chi connectivity index (χ3n) is 7.20. The molecule has 0 bridgehead atoms. The molecule has 0 aliphatic carbocycles. The largest absolute Gasteiger partial charge is 0.493 e. The summed E-state index contributed by atoms with van der Waals surface area (Å²) in [4.78, 5) is 10.7. The molecule has 9 heteroatoms. The summed E-state index contributed by atoms with van der Waals surface area (Å²) in [5, 5.41) is 7.30. The SMILES string of the molecule is CCC1CN(c2ccc(OC)c(OC)c2)CCC1c1nccc2c1[nH]c1c(S(N)(=O)=O)cccc12. The van der Waals surface area contributed by atoms with E-state index in [0.717, 1.165) is 59.4 Å². The Balaban J connectivity index is 1.52. The Morgan fingerprint density at radius 3 is 2.57 bits per heavy atom. The van der Waals surface area contributed by atoms with Crippen LogP contribution >= 0.6 is 0 Å². The molecule has 3 heterocycles. The van der Waals surface area contributed by atoms with Crippen LogP contribution in [0, 0.1) is 5.92 Å². The number of aromatic nitrogens is 2. The number of benzene rings is 2. The summed E-state index contributed by atoms with van der Waals surface area (Å²) in [5.74, 6) is 2.05. The molecular weight excluding hydrogens is 464 g/mol. The van der Waals surface area contributed by atoms with Crippen molar-refractivity contribution >= 4 is 37.5 Å². The van der Waals surface area contributed by atoms with E-state index in [1.54, 1.807) is 20.3 Å². The van der Waals surface area contributed by atoms with Gasteiger partial charge in [-0.3, -0.25) is 4.98 Å². The number of H-pyrrole nitrogens is 1. The lowest BCUT2D eigenvalue weighted by Gasteiger charge is -2.39. The zero-order valence-corrected chi connectivity index (χ0v) is 20.9. The Morgan fingerprint density at radius 2 is 1.86 bits per heavy atom. The number of methoxy groups -OCH3 is 2. The van der Waals surface area contributed by atoms with Gasteiger partial charge in [0, 0.05) is 47.7 Å². The maximum absolute atomic E-state index is 12.2. The second-order valence-corrected chi connectivity index (χ2v) is 10.5. The van der Waals surface area contributed by atoms with Crippen molar-refractivity contribution in [1.82, 2.24) is 9.97 Å². The topological polar surface area (TPSA) is 111 Å². The van der Waals surface area contributed by atoms with Gasteiger partial charge in [0.05, 0.1) is 30.9 Å². The van der Waals surface area contributed by atoms with Crippen LogP contribution in [0.4, 0.5) is 5.69 Å². The minimum Gasteiger partial charge on any atom is -0.493 e. The number of piperidine rings is 1. The Hall–Kier alpha value is -3.30. The molecular formula is C26H30N4O4S. The fraction of sp³-hybridized carbons (Fsp3) is 0.346. The fourth-order valence-corrected chi connectivity index (χ4v) is 6.14. The van der Waals surface area contributed by atoms with Gasteiger partial charge in [-0.2, -0.15) is 0 Å². The predicted molar refractivity (Wildman–Crippen MR) is 138 cm³/mol. The first-order chi connectivity index (χ1) is 16.9. The maximum atomic E-state index is 12.2. The summed E-state index contributed by atoms with van der Waals surface area (Å²) in [6, 6.07) is 13.2. The minimum atomic E-state index is -3.86. The van der Waals surface area contributed by atoms with E-state index >= 15 is 0 Å². The van der Waals surface area contributed by atoms with Crippen LogP contribution in [0.1, 0.15) is 31.4 Å². The number of para-hydroxylation sites is 1. The molecule has 1 aliphatic heterocycles. The number of anilines is 1. The van der Waals surface area contributed by atoms with Crippen molar-refractivity contribution in [2.45, 2.75) is 30.6 Å². The van der Waals surface area contributed by atoms with E-state index in [1.807, 2.05) is 30.5 Å². The van der Waals surface area contributed by atoms with Gasteiger partial charge in [-0.05, 0) is 36.6 Å². The molecule has 8 nitrogen and oxygen atoms in total. The van der Waals surface area contributed by atoms with Crippen molar-refractivity contribution < 1.29 is 17.9 Å². The number of ether oxygens (including phenoxy) is 2. The molecule has 1 aliphatic rings. The molecule has 0 spiro atoms. The third kappa shape index (κ3) is 4.08. The number of nitrogens with two attached hydrogens (primary N) is 1. The minimum absolute atomic E-state index is 0.104. The van der Waals surface area contributed by atoms with Gasteiger partial charge in [0.2, 0.25) is 10.0 Å².